The topological polar surface area (TPSA) is 78.9 Å². The fourth-order valence-corrected chi connectivity index (χ4v) is 8.51. The number of rotatable bonds is 53. The van der Waals surface area contributed by atoms with Crippen LogP contribution in [-0.2, 0) is 28.6 Å². The van der Waals surface area contributed by atoms with Crippen LogP contribution < -0.4 is 0 Å². The second-order valence-electron chi connectivity index (χ2n) is 19.6. The molecule has 0 aliphatic carbocycles. The van der Waals surface area contributed by atoms with E-state index in [4.69, 9.17) is 14.2 Å². The van der Waals surface area contributed by atoms with Crippen molar-refractivity contribution < 1.29 is 28.6 Å². The van der Waals surface area contributed by atoms with Gasteiger partial charge in [0, 0.05) is 19.3 Å². The SMILES string of the molecule is CCCCCCC/C=C\C/C=C\C/C=C\CCCCCCCCCCC(=O)OCC(COC(=O)CCCCCCCCCC)OC(=O)CCCCCCCCCCCCCCCCCCC. The van der Waals surface area contributed by atoms with Gasteiger partial charge >= 0.3 is 17.9 Å². The molecule has 0 saturated carbocycles. The second kappa shape index (κ2) is 55.2. The molecule has 0 aliphatic rings. The molecule has 0 rings (SSSR count). The van der Waals surface area contributed by atoms with Crippen molar-refractivity contribution in [2.24, 2.45) is 0 Å². The normalized spacial score (nSPS) is 12.2. The zero-order valence-corrected chi connectivity index (χ0v) is 44.2. The first-order chi connectivity index (χ1) is 32.5. The predicted octanol–water partition coefficient (Wildman–Crippen LogP) is 19.3. The maximum atomic E-state index is 12.8. The number of ether oxygens (including phenoxy) is 3. The van der Waals surface area contributed by atoms with Gasteiger partial charge in [-0.25, -0.2) is 0 Å². The van der Waals surface area contributed by atoms with Gasteiger partial charge in [-0.3, -0.25) is 14.4 Å². The van der Waals surface area contributed by atoms with Crippen LogP contribution in [0.25, 0.3) is 0 Å². The van der Waals surface area contributed by atoms with Crippen molar-refractivity contribution in [3.63, 3.8) is 0 Å². The quantitative estimate of drug-likeness (QED) is 0.0262. The average Bonchev–Trinajstić information content (AvgIpc) is 3.31. The van der Waals surface area contributed by atoms with E-state index in [-0.39, 0.29) is 31.1 Å². The minimum absolute atomic E-state index is 0.0704. The lowest BCUT2D eigenvalue weighted by Crippen LogP contribution is -2.30. The fourth-order valence-electron chi connectivity index (χ4n) is 8.51. The zero-order valence-electron chi connectivity index (χ0n) is 44.2. The lowest BCUT2D eigenvalue weighted by molar-refractivity contribution is -0.167. The molecule has 0 bridgehead atoms. The van der Waals surface area contributed by atoms with Gasteiger partial charge in [-0.15, -0.1) is 0 Å². The Hall–Kier alpha value is -2.37. The highest BCUT2D eigenvalue weighted by atomic mass is 16.6. The third-order valence-corrected chi connectivity index (χ3v) is 12.9. The van der Waals surface area contributed by atoms with Gasteiger partial charge in [-0.2, -0.15) is 0 Å². The predicted molar refractivity (Wildman–Crippen MR) is 284 cm³/mol. The highest BCUT2D eigenvalue weighted by Gasteiger charge is 2.19. The summed E-state index contributed by atoms with van der Waals surface area (Å²) in [5.41, 5.74) is 0. The largest absolute Gasteiger partial charge is 0.462 e. The van der Waals surface area contributed by atoms with E-state index in [2.05, 4.69) is 57.2 Å². The molecular formula is C60H110O6. The molecule has 1 atom stereocenters. The van der Waals surface area contributed by atoms with Crippen LogP contribution in [0.4, 0.5) is 0 Å². The van der Waals surface area contributed by atoms with Crippen molar-refractivity contribution in [2.75, 3.05) is 13.2 Å². The number of hydrogen-bond donors (Lipinski definition) is 0. The highest BCUT2D eigenvalue weighted by Crippen LogP contribution is 2.16. The van der Waals surface area contributed by atoms with Gasteiger partial charge in [0.05, 0.1) is 0 Å². The van der Waals surface area contributed by atoms with Crippen LogP contribution in [0.3, 0.4) is 0 Å². The Balaban J connectivity index is 4.21. The third kappa shape index (κ3) is 52.6. The van der Waals surface area contributed by atoms with Crippen LogP contribution >= 0.6 is 0 Å². The van der Waals surface area contributed by atoms with Gasteiger partial charge < -0.3 is 14.2 Å². The van der Waals surface area contributed by atoms with Crippen molar-refractivity contribution in [1.29, 1.82) is 0 Å². The van der Waals surface area contributed by atoms with Gasteiger partial charge in [0.25, 0.3) is 0 Å². The van der Waals surface area contributed by atoms with Crippen LogP contribution in [0.2, 0.25) is 0 Å². The third-order valence-electron chi connectivity index (χ3n) is 12.9. The van der Waals surface area contributed by atoms with E-state index in [1.165, 1.54) is 193 Å². The van der Waals surface area contributed by atoms with Crippen LogP contribution in [0.15, 0.2) is 36.5 Å². The summed E-state index contributed by atoms with van der Waals surface area (Å²) in [6.45, 7) is 6.63. The van der Waals surface area contributed by atoms with E-state index < -0.39 is 6.10 Å². The molecule has 1 unspecified atom stereocenters. The van der Waals surface area contributed by atoms with Gasteiger partial charge in [0.2, 0.25) is 0 Å². The van der Waals surface area contributed by atoms with E-state index in [0.29, 0.717) is 19.3 Å². The standard InChI is InChI=1S/C60H110O6/c1-4-7-10-13-16-19-21-23-25-27-28-29-30-31-32-34-35-37-39-41-44-47-50-53-59(62)65-56-57(55-64-58(61)52-49-46-43-18-15-12-9-6-3)66-60(63)54-51-48-45-42-40-38-36-33-26-24-22-20-17-14-11-8-5-2/h21,23,27-28,30-31,57H,4-20,22,24-26,29,32-56H2,1-3H3/b23-21-,28-27-,31-30-. The molecule has 0 saturated heterocycles. The van der Waals surface area contributed by atoms with E-state index in [9.17, 15) is 14.4 Å². The monoisotopic (exact) mass is 927 g/mol. The van der Waals surface area contributed by atoms with Crippen LogP contribution in [-0.4, -0.2) is 37.2 Å². The maximum Gasteiger partial charge on any atom is 0.306 e. The molecule has 0 N–H and O–H groups in total. The lowest BCUT2D eigenvalue weighted by Gasteiger charge is -2.18. The summed E-state index contributed by atoms with van der Waals surface area (Å²) in [4.78, 5) is 38.0. The van der Waals surface area contributed by atoms with Crippen LogP contribution in [0, 0.1) is 0 Å². The molecule has 0 aromatic heterocycles. The summed E-state index contributed by atoms with van der Waals surface area (Å²) in [5, 5.41) is 0. The Bertz CT molecular complexity index is 1110. The molecule has 0 aromatic rings. The minimum atomic E-state index is -0.769. The first-order valence-corrected chi connectivity index (χ1v) is 29.0. The van der Waals surface area contributed by atoms with Crippen molar-refractivity contribution >= 4 is 17.9 Å². The molecule has 0 heterocycles. The molecule has 6 heteroatoms. The summed E-state index contributed by atoms with van der Waals surface area (Å²) in [5.74, 6) is -0.865. The first-order valence-electron chi connectivity index (χ1n) is 29.0. The second-order valence-corrected chi connectivity index (χ2v) is 19.6. The van der Waals surface area contributed by atoms with E-state index in [1.807, 2.05) is 0 Å². The molecule has 0 radical (unpaired) electrons. The zero-order chi connectivity index (χ0) is 47.9. The van der Waals surface area contributed by atoms with Gasteiger partial charge in [0.15, 0.2) is 6.10 Å². The van der Waals surface area contributed by atoms with Crippen molar-refractivity contribution in [2.45, 2.75) is 316 Å². The molecule has 0 fully saturated rings. The summed E-state index contributed by atoms with van der Waals surface area (Å²) in [6.07, 6.45) is 65.8. The molecule has 0 aliphatic heterocycles. The van der Waals surface area contributed by atoms with E-state index >= 15 is 0 Å². The Morgan fingerprint density at radius 3 is 0.848 bits per heavy atom. The Kier molecular flexibility index (Phi) is 53.2. The number of hydrogen-bond acceptors (Lipinski definition) is 6. The fraction of sp³-hybridized carbons (Fsp3) is 0.850. The van der Waals surface area contributed by atoms with Crippen LogP contribution in [0.1, 0.15) is 310 Å². The number of carbonyl (C=O) groups is 3. The first kappa shape index (κ1) is 63.6. The lowest BCUT2D eigenvalue weighted by atomic mass is 10.0. The van der Waals surface area contributed by atoms with Crippen molar-refractivity contribution in [3.8, 4) is 0 Å². The van der Waals surface area contributed by atoms with E-state index in [0.717, 1.165) is 77.0 Å². The minimum Gasteiger partial charge on any atom is -0.462 e. The summed E-state index contributed by atoms with van der Waals surface area (Å²) >= 11 is 0. The van der Waals surface area contributed by atoms with E-state index in [1.54, 1.807) is 0 Å². The van der Waals surface area contributed by atoms with Gasteiger partial charge in [-0.05, 0) is 57.8 Å². The number of carbonyl (C=O) groups excluding carboxylic acids is 3. The van der Waals surface area contributed by atoms with Crippen LogP contribution in [0.5, 0.6) is 0 Å². The van der Waals surface area contributed by atoms with Crippen molar-refractivity contribution in [1.82, 2.24) is 0 Å². The van der Waals surface area contributed by atoms with Crippen molar-refractivity contribution in [3.05, 3.63) is 36.5 Å². The molecule has 0 aromatic carbocycles. The Morgan fingerprint density at radius 1 is 0.303 bits per heavy atom. The summed E-state index contributed by atoms with van der Waals surface area (Å²) in [7, 11) is 0. The molecule has 0 amide bonds. The number of esters is 3. The maximum absolute atomic E-state index is 12.8. The van der Waals surface area contributed by atoms with Gasteiger partial charge in [0.1, 0.15) is 13.2 Å². The van der Waals surface area contributed by atoms with Gasteiger partial charge in [-0.1, -0.05) is 269 Å². The average molecular weight is 928 g/mol. The molecule has 6 nitrogen and oxygen atoms in total. The number of allylic oxidation sites excluding steroid dienone is 6. The molecular weight excluding hydrogens is 817 g/mol. The highest BCUT2D eigenvalue weighted by molar-refractivity contribution is 5.71. The molecule has 386 valence electrons. The Morgan fingerprint density at radius 2 is 0.545 bits per heavy atom. The number of unbranched alkanes of at least 4 members (excludes halogenated alkanes) is 36. The summed E-state index contributed by atoms with van der Waals surface area (Å²) in [6, 6.07) is 0. The Labute approximate surface area is 410 Å². The molecule has 0 spiro atoms. The summed E-state index contributed by atoms with van der Waals surface area (Å²) < 4.78 is 16.8. The molecule has 66 heavy (non-hydrogen) atoms. The smallest absolute Gasteiger partial charge is 0.306 e.